The fourth-order valence-corrected chi connectivity index (χ4v) is 2.92. The van der Waals surface area contributed by atoms with Crippen LogP contribution in [0, 0.1) is 0 Å². The lowest BCUT2D eigenvalue weighted by atomic mass is 9.88. The number of hydrogen-bond donors (Lipinski definition) is 1. The van der Waals surface area contributed by atoms with Crippen molar-refractivity contribution in [2.45, 2.75) is 64.3 Å². The van der Waals surface area contributed by atoms with Gasteiger partial charge in [-0.3, -0.25) is 0 Å². The van der Waals surface area contributed by atoms with Crippen molar-refractivity contribution in [2.75, 3.05) is 6.54 Å². The average molecular weight is 245 g/mol. The summed E-state index contributed by atoms with van der Waals surface area (Å²) in [5.41, 5.74) is 3.21. The molecule has 1 nitrogen and oxygen atoms in total. The Kier molecular flexibility index (Phi) is 4.45. The molecule has 0 aliphatic carbocycles. The third-order valence-corrected chi connectivity index (χ3v) is 4.20. The lowest BCUT2D eigenvalue weighted by Crippen LogP contribution is -2.43. The van der Waals surface area contributed by atoms with Crippen molar-refractivity contribution in [1.82, 2.24) is 5.32 Å². The van der Waals surface area contributed by atoms with E-state index in [2.05, 4.69) is 50.4 Å². The number of rotatable bonds is 3. The zero-order valence-corrected chi connectivity index (χ0v) is 12.1. The van der Waals surface area contributed by atoms with Gasteiger partial charge in [0.15, 0.2) is 0 Å². The quantitative estimate of drug-likeness (QED) is 0.838. The van der Waals surface area contributed by atoms with Crippen molar-refractivity contribution in [2.24, 2.45) is 0 Å². The molecule has 18 heavy (non-hydrogen) atoms. The van der Waals surface area contributed by atoms with Crippen LogP contribution in [0.4, 0.5) is 0 Å². The van der Waals surface area contributed by atoms with E-state index in [4.69, 9.17) is 0 Å². The molecular formula is C17H27N. The Morgan fingerprint density at radius 3 is 2.50 bits per heavy atom. The van der Waals surface area contributed by atoms with Crippen molar-refractivity contribution in [3.05, 3.63) is 35.4 Å². The van der Waals surface area contributed by atoms with E-state index in [0.29, 0.717) is 11.5 Å². The third-order valence-electron chi connectivity index (χ3n) is 4.20. The van der Waals surface area contributed by atoms with Gasteiger partial charge in [-0.15, -0.1) is 0 Å². The van der Waals surface area contributed by atoms with Gasteiger partial charge in [0.05, 0.1) is 0 Å². The zero-order chi connectivity index (χ0) is 13.0. The fraction of sp³-hybridized carbons (Fsp3) is 0.647. The van der Waals surface area contributed by atoms with E-state index in [1.165, 1.54) is 43.4 Å². The molecule has 1 fully saturated rings. The molecule has 0 radical (unpaired) electrons. The van der Waals surface area contributed by atoms with Crippen LogP contribution in [0.1, 0.15) is 63.5 Å². The molecule has 1 heteroatoms. The molecule has 1 atom stereocenters. The predicted octanol–water partition coefficient (Wildman–Crippen LogP) is 4.27. The molecular weight excluding hydrogens is 218 g/mol. The summed E-state index contributed by atoms with van der Waals surface area (Å²) in [6, 6.07) is 9.21. The first kappa shape index (κ1) is 13.6. The summed E-state index contributed by atoms with van der Waals surface area (Å²) in [5.74, 6) is 0.630. The van der Waals surface area contributed by atoms with E-state index in [0.717, 1.165) is 6.42 Å². The van der Waals surface area contributed by atoms with Gasteiger partial charge in [0.25, 0.3) is 0 Å². The highest BCUT2D eigenvalue weighted by atomic mass is 15.0. The van der Waals surface area contributed by atoms with E-state index >= 15 is 0 Å². The minimum atomic E-state index is 0.301. The van der Waals surface area contributed by atoms with Crippen LogP contribution in [-0.4, -0.2) is 12.1 Å². The molecule has 0 amide bonds. The van der Waals surface area contributed by atoms with Crippen LogP contribution in [0.25, 0.3) is 0 Å². The standard InChI is InChI=1S/C17H27N/c1-14(2)16-9-7-15(8-10-16)13-17(3)11-5-4-6-12-18-17/h7-10,14,18H,4-6,11-13H2,1-3H3. The van der Waals surface area contributed by atoms with E-state index in [9.17, 15) is 0 Å². The molecule has 0 aromatic heterocycles. The predicted molar refractivity (Wildman–Crippen MR) is 79.1 cm³/mol. The minimum Gasteiger partial charge on any atom is -0.311 e. The zero-order valence-electron chi connectivity index (χ0n) is 12.1. The van der Waals surface area contributed by atoms with Gasteiger partial charge in [0.1, 0.15) is 0 Å². The molecule has 2 rings (SSSR count). The Morgan fingerprint density at radius 2 is 1.83 bits per heavy atom. The van der Waals surface area contributed by atoms with E-state index in [-0.39, 0.29) is 0 Å². The maximum Gasteiger partial charge on any atom is 0.0193 e. The van der Waals surface area contributed by atoms with Gasteiger partial charge >= 0.3 is 0 Å². The first-order valence-electron chi connectivity index (χ1n) is 7.43. The molecule has 0 spiro atoms. The second-order valence-corrected chi connectivity index (χ2v) is 6.37. The smallest absolute Gasteiger partial charge is 0.0193 e. The summed E-state index contributed by atoms with van der Waals surface area (Å²) in [4.78, 5) is 0. The van der Waals surface area contributed by atoms with Crippen LogP contribution in [-0.2, 0) is 6.42 Å². The second-order valence-electron chi connectivity index (χ2n) is 6.37. The van der Waals surface area contributed by atoms with Gasteiger partial charge in [0.2, 0.25) is 0 Å². The summed E-state index contributed by atoms with van der Waals surface area (Å²) in [5, 5.41) is 3.74. The molecule has 1 saturated heterocycles. The van der Waals surface area contributed by atoms with Crippen molar-refractivity contribution in [3.63, 3.8) is 0 Å². The minimum absolute atomic E-state index is 0.301. The molecule has 0 saturated carbocycles. The summed E-state index contributed by atoms with van der Waals surface area (Å²) < 4.78 is 0. The Hall–Kier alpha value is -0.820. The van der Waals surface area contributed by atoms with Crippen molar-refractivity contribution >= 4 is 0 Å². The van der Waals surface area contributed by atoms with E-state index in [1.54, 1.807) is 0 Å². The van der Waals surface area contributed by atoms with E-state index < -0.39 is 0 Å². The maximum absolute atomic E-state index is 3.74. The van der Waals surface area contributed by atoms with Crippen molar-refractivity contribution in [1.29, 1.82) is 0 Å². The summed E-state index contributed by atoms with van der Waals surface area (Å²) in [7, 11) is 0. The number of nitrogens with one attached hydrogen (secondary N) is 1. The van der Waals surface area contributed by atoms with Crippen LogP contribution < -0.4 is 5.32 Å². The van der Waals surface area contributed by atoms with E-state index in [1.807, 2.05) is 0 Å². The van der Waals surface area contributed by atoms with Crippen LogP contribution in [0.15, 0.2) is 24.3 Å². The summed E-state index contributed by atoms with van der Waals surface area (Å²) in [6.45, 7) is 8.07. The highest BCUT2D eigenvalue weighted by Gasteiger charge is 2.25. The molecule has 100 valence electrons. The van der Waals surface area contributed by atoms with Gasteiger partial charge in [-0.2, -0.15) is 0 Å². The van der Waals surface area contributed by atoms with Crippen LogP contribution in [0.3, 0.4) is 0 Å². The van der Waals surface area contributed by atoms with Gasteiger partial charge in [-0.05, 0) is 49.8 Å². The second kappa shape index (κ2) is 5.88. The maximum atomic E-state index is 3.74. The lowest BCUT2D eigenvalue weighted by molar-refractivity contribution is 0.345. The molecule has 1 unspecified atom stereocenters. The summed E-state index contributed by atoms with van der Waals surface area (Å²) in [6.07, 6.45) is 6.55. The Balaban J connectivity index is 2.03. The SMILES string of the molecule is CC(C)c1ccc(CC2(C)CCCCCN2)cc1. The van der Waals surface area contributed by atoms with Gasteiger partial charge in [-0.1, -0.05) is 51.0 Å². The first-order valence-corrected chi connectivity index (χ1v) is 7.43. The van der Waals surface area contributed by atoms with Crippen molar-refractivity contribution in [3.8, 4) is 0 Å². The van der Waals surface area contributed by atoms with Crippen molar-refractivity contribution < 1.29 is 0 Å². The molecule has 1 aromatic carbocycles. The van der Waals surface area contributed by atoms with Crippen LogP contribution in [0.5, 0.6) is 0 Å². The molecule has 1 aliphatic heterocycles. The topological polar surface area (TPSA) is 12.0 Å². The van der Waals surface area contributed by atoms with Crippen LogP contribution >= 0.6 is 0 Å². The fourth-order valence-electron chi connectivity index (χ4n) is 2.92. The molecule has 1 N–H and O–H groups in total. The number of hydrogen-bond acceptors (Lipinski definition) is 1. The molecule has 0 bridgehead atoms. The Morgan fingerprint density at radius 1 is 1.11 bits per heavy atom. The average Bonchev–Trinajstić information content (AvgIpc) is 2.55. The van der Waals surface area contributed by atoms with Gasteiger partial charge in [0, 0.05) is 5.54 Å². The largest absolute Gasteiger partial charge is 0.311 e. The van der Waals surface area contributed by atoms with Crippen LogP contribution in [0.2, 0.25) is 0 Å². The highest BCUT2D eigenvalue weighted by molar-refractivity contribution is 5.26. The van der Waals surface area contributed by atoms with Gasteiger partial charge in [-0.25, -0.2) is 0 Å². The normalized spacial score (nSPS) is 25.1. The molecule has 1 aromatic rings. The Labute approximate surface area is 112 Å². The Bertz CT molecular complexity index is 356. The third kappa shape index (κ3) is 3.58. The monoisotopic (exact) mass is 245 g/mol. The molecule has 1 aliphatic rings. The molecule has 1 heterocycles. The lowest BCUT2D eigenvalue weighted by Gasteiger charge is -2.29. The highest BCUT2D eigenvalue weighted by Crippen LogP contribution is 2.24. The number of benzene rings is 1. The summed E-state index contributed by atoms with van der Waals surface area (Å²) >= 11 is 0. The van der Waals surface area contributed by atoms with Gasteiger partial charge < -0.3 is 5.32 Å². The first-order chi connectivity index (χ1) is 8.59.